The number of hydrogen-bond acceptors (Lipinski definition) is 17. The largest absolute Gasteiger partial charge is 0.735 e. The van der Waals surface area contributed by atoms with E-state index >= 15 is 0 Å². The Bertz CT molecular complexity index is 1600. The van der Waals surface area contributed by atoms with Gasteiger partial charge in [0.15, 0.2) is 21.5 Å². The summed E-state index contributed by atoms with van der Waals surface area (Å²) >= 11 is 0. The highest BCUT2D eigenvalue weighted by Crippen LogP contribution is 2.59. The highest BCUT2D eigenvalue weighted by molar-refractivity contribution is 7.83. The van der Waals surface area contributed by atoms with Crippen molar-refractivity contribution < 1.29 is 81.6 Å². The quantitative estimate of drug-likeness (QED) is 0.135. The van der Waals surface area contributed by atoms with Crippen molar-refractivity contribution in [1.82, 2.24) is 4.72 Å². The fourth-order valence-corrected chi connectivity index (χ4v) is 8.32. The number of ether oxygens (including phenoxy) is 3. The van der Waals surface area contributed by atoms with E-state index in [0.29, 0.717) is 0 Å². The van der Waals surface area contributed by atoms with Crippen LogP contribution in [0.3, 0.4) is 0 Å². The number of carbonyl (C=O) groups is 1. The van der Waals surface area contributed by atoms with Crippen LogP contribution in [-0.4, -0.2) is 119 Å². The van der Waals surface area contributed by atoms with E-state index in [1.807, 2.05) is 4.72 Å². The summed E-state index contributed by atoms with van der Waals surface area (Å²) in [5.74, 6) is -2.55. The van der Waals surface area contributed by atoms with E-state index in [0.717, 1.165) is 41.5 Å². The van der Waals surface area contributed by atoms with E-state index in [9.17, 15) is 59.0 Å². The van der Waals surface area contributed by atoms with E-state index in [1.165, 1.54) is 27.7 Å². The van der Waals surface area contributed by atoms with Crippen molar-refractivity contribution in [1.29, 1.82) is 0 Å². The third-order valence-electron chi connectivity index (χ3n) is 10.3. The average Bonchev–Trinajstić information content (AvgIpc) is 2.80. The molecule has 0 spiro atoms. The van der Waals surface area contributed by atoms with Crippen molar-refractivity contribution in [3.63, 3.8) is 0 Å². The standard InChI is InChI=1S/C24H43NO18S3/c1-14-15(16(26)27)41-20(6,24(10,21(14,7)28)43-46(36,37)38)12-39-11-18(4)19(5,13-40-45(33,34)35)42-17(2,3)22(8,23(18,9)29)25-44(30,31)32/h25,28-29H,11-13H2,1-10H3,(H,26,27)(H,30,31,32)(H,33,34,35)(H,36,37,38)/p-3. The van der Waals surface area contributed by atoms with Crippen LogP contribution in [0.4, 0.5) is 0 Å². The Hall–Kier alpha value is -1.54. The van der Waals surface area contributed by atoms with Gasteiger partial charge in [-0.05, 0) is 62.3 Å². The molecule has 0 saturated carbocycles. The lowest BCUT2D eigenvalue weighted by atomic mass is 9.52. The number of aliphatic carboxylic acids is 1. The number of hydrogen-bond donors (Lipinski definition) is 4. The van der Waals surface area contributed by atoms with Crippen LogP contribution in [0.25, 0.3) is 0 Å². The lowest BCUT2D eigenvalue weighted by molar-refractivity contribution is -0.352. The molecule has 4 N–H and O–H groups in total. The van der Waals surface area contributed by atoms with Crippen molar-refractivity contribution in [2.45, 2.75) is 108 Å². The number of carboxylic acid groups (broad SMARTS) is 1. The molecule has 270 valence electrons. The number of aliphatic hydroxyl groups is 2. The molecule has 2 rings (SSSR count). The minimum atomic E-state index is -5.62. The van der Waals surface area contributed by atoms with Gasteiger partial charge in [-0.2, -0.15) is 0 Å². The van der Waals surface area contributed by atoms with E-state index in [4.69, 9.17) is 18.4 Å². The lowest BCUT2D eigenvalue weighted by Crippen LogP contribution is -2.85. The van der Waals surface area contributed by atoms with E-state index in [2.05, 4.69) is 4.18 Å². The molecule has 2 aliphatic rings. The Kier molecular flexibility index (Phi) is 10.2. The first-order valence-corrected chi connectivity index (χ1v) is 17.4. The summed E-state index contributed by atoms with van der Waals surface area (Å²) in [6.07, 6.45) is 0. The van der Waals surface area contributed by atoms with Crippen LogP contribution >= 0.6 is 0 Å². The molecule has 0 aromatic rings. The Labute approximate surface area is 268 Å². The predicted molar refractivity (Wildman–Crippen MR) is 150 cm³/mol. The van der Waals surface area contributed by atoms with Gasteiger partial charge in [-0.1, -0.05) is 6.92 Å². The van der Waals surface area contributed by atoms with Crippen LogP contribution < -0.4 is 4.72 Å². The molecule has 0 bridgehead atoms. The second kappa shape index (κ2) is 11.5. The molecule has 0 radical (unpaired) electrons. The Morgan fingerprint density at radius 2 is 1.33 bits per heavy atom. The molecular weight excluding hydrogens is 686 g/mol. The first-order chi connectivity index (χ1) is 20.0. The maximum atomic E-state index is 12.2. The van der Waals surface area contributed by atoms with Gasteiger partial charge in [0.25, 0.3) is 0 Å². The second-order valence-electron chi connectivity index (χ2n) is 13.3. The van der Waals surface area contributed by atoms with Gasteiger partial charge in [0.1, 0.15) is 11.2 Å². The van der Waals surface area contributed by atoms with E-state index < -0.39 is 113 Å². The van der Waals surface area contributed by atoms with Crippen LogP contribution in [0, 0.1) is 5.41 Å². The fraction of sp³-hybridized carbons (Fsp3) is 0.875. The molecule has 22 heteroatoms. The maximum absolute atomic E-state index is 12.2. The predicted octanol–water partition coefficient (Wildman–Crippen LogP) is -1.25. The summed E-state index contributed by atoms with van der Waals surface area (Å²) in [4.78, 5) is 12.0. The smallest absolute Gasteiger partial charge is 0.371 e. The van der Waals surface area contributed by atoms with Gasteiger partial charge in [-0.15, -0.1) is 0 Å². The van der Waals surface area contributed by atoms with Gasteiger partial charge in [-0.3, -0.25) is 8.37 Å². The first-order valence-electron chi connectivity index (χ1n) is 13.4. The molecule has 2 aliphatic heterocycles. The van der Waals surface area contributed by atoms with Gasteiger partial charge in [-0.25, -0.2) is 34.8 Å². The molecule has 1 fully saturated rings. The summed E-state index contributed by atoms with van der Waals surface area (Å²) < 4.78 is 134. The molecule has 1 saturated heterocycles. The summed E-state index contributed by atoms with van der Waals surface area (Å²) in [6, 6.07) is 0. The van der Waals surface area contributed by atoms with Crippen LogP contribution in [0.2, 0.25) is 0 Å². The fourth-order valence-electron chi connectivity index (χ4n) is 6.26. The minimum Gasteiger partial charge on any atom is -0.735 e. The van der Waals surface area contributed by atoms with Crippen molar-refractivity contribution in [3.8, 4) is 0 Å². The summed E-state index contributed by atoms with van der Waals surface area (Å²) in [7, 11) is -16.3. The highest BCUT2D eigenvalue weighted by atomic mass is 32.3. The second-order valence-corrected chi connectivity index (χ2v) is 16.4. The zero-order valence-electron chi connectivity index (χ0n) is 26.8. The Morgan fingerprint density at radius 1 is 0.826 bits per heavy atom. The lowest BCUT2D eigenvalue weighted by Gasteiger charge is -2.69. The number of rotatable bonds is 12. The van der Waals surface area contributed by atoms with E-state index in [1.54, 1.807) is 0 Å². The average molecular weight is 727 g/mol. The number of carboxylic acids is 1. The maximum Gasteiger partial charge on any atom is 0.371 e. The van der Waals surface area contributed by atoms with Crippen molar-refractivity contribution in [3.05, 3.63) is 11.3 Å². The van der Waals surface area contributed by atoms with Gasteiger partial charge in [0, 0.05) is 5.57 Å². The molecule has 0 aromatic carbocycles. The molecule has 0 aliphatic carbocycles. The van der Waals surface area contributed by atoms with Crippen LogP contribution in [0.15, 0.2) is 11.3 Å². The van der Waals surface area contributed by atoms with Gasteiger partial charge >= 0.3 is 5.97 Å². The molecule has 7 unspecified atom stereocenters. The SMILES string of the molecule is CC1=C(C(=O)O)OC(C)(COCC2(C)C(C)(COS(=O)(=O)[O-])OC(C)(C)C(C)(NS(=O)(=O)[O-])C2(C)O)C(C)(OS(=O)(=O)[O-])C1(C)O. The Morgan fingerprint density at radius 3 is 1.74 bits per heavy atom. The van der Waals surface area contributed by atoms with Crippen molar-refractivity contribution in [2.24, 2.45) is 5.41 Å². The zero-order chi connectivity index (χ0) is 36.6. The van der Waals surface area contributed by atoms with Crippen LogP contribution in [-0.2, 0) is 58.5 Å². The third kappa shape index (κ3) is 6.69. The first kappa shape index (κ1) is 40.6. The molecule has 19 nitrogen and oxygen atoms in total. The third-order valence-corrected chi connectivity index (χ3v) is 11.9. The molecule has 0 amide bonds. The summed E-state index contributed by atoms with van der Waals surface area (Å²) in [5, 5.41) is 33.3. The van der Waals surface area contributed by atoms with E-state index in [-0.39, 0.29) is 0 Å². The van der Waals surface area contributed by atoms with Crippen LogP contribution in [0.5, 0.6) is 0 Å². The van der Waals surface area contributed by atoms with Gasteiger partial charge < -0.3 is 43.2 Å². The van der Waals surface area contributed by atoms with Crippen molar-refractivity contribution in [2.75, 3.05) is 19.8 Å². The molecule has 46 heavy (non-hydrogen) atoms. The highest BCUT2D eigenvalue weighted by Gasteiger charge is 2.74. The minimum absolute atomic E-state index is 0.425. The molecule has 7 atom stereocenters. The molecule has 2 heterocycles. The topological polar surface area (TPSA) is 308 Å². The van der Waals surface area contributed by atoms with Crippen LogP contribution in [0.1, 0.15) is 69.2 Å². The molecule has 0 aromatic heterocycles. The summed E-state index contributed by atoms with van der Waals surface area (Å²) in [5.41, 5.74) is -18.6. The molecular formula is C24H40NO18S3-3. The Balaban J connectivity index is 2.76. The monoisotopic (exact) mass is 726 g/mol. The summed E-state index contributed by atoms with van der Waals surface area (Å²) in [6.45, 7) is 8.28. The normalized spacial score (nSPS) is 40.4. The van der Waals surface area contributed by atoms with Gasteiger partial charge in [0.2, 0.25) is 26.6 Å². The zero-order valence-corrected chi connectivity index (χ0v) is 29.3. The van der Waals surface area contributed by atoms with Crippen molar-refractivity contribution >= 4 is 37.1 Å². The van der Waals surface area contributed by atoms with Gasteiger partial charge in [0.05, 0.1) is 42.0 Å². The number of nitrogens with one attached hydrogen (secondary N) is 1.